The van der Waals surface area contributed by atoms with Gasteiger partial charge in [0.25, 0.3) is 0 Å². The van der Waals surface area contributed by atoms with E-state index < -0.39 is 21.9 Å². The summed E-state index contributed by atoms with van der Waals surface area (Å²) in [6.07, 6.45) is 2.08. The average molecular weight is 374 g/mol. The number of benzene rings is 1. The summed E-state index contributed by atoms with van der Waals surface area (Å²) in [6, 6.07) is 4.14. The van der Waals surface area contributed by atoms with Crippen LogP contribution >= 0.6 is 0 Å². The third kappa shape index (κ3) is 6.99. The van der Waals surface area contributed by atoms with E-state index in [-0.39, 0.29) is 17.7 Å². The predicted molar refractivity (Wildman–Crippen MR) is 96.5 cm³/mol. The molecule has 25 heavy (non-hydrogen) atoms. The van der Waals surface area contributed by atoms with Gasteiger partial charge in [-0.3, -0.25) is 9.10 Å². The number of amides is 1. The van der Waals surface area contributed by atoms with Gasteiger partial charge in [0.2, 0.25) is 15.9 Å². The second kappa shape index (κ2) is 9.72. The van der Waals surface area contributed by atoms with Gasteiger partial charge in [0.05, 0.1) is 18.0 Å². The summed E-state index contributed by atoms with van der Waals surface area (Å²) in [6.45, 7) is 6.50. The quantitative estimate of drug-likeness (QED) is 0.638. The molecule has 0 aliphatic heterocycles. The SMILES string of the molecule is CC[C@H](C(=O)NCCCOC(C)C)N(c1ccc(F)cc1)S(C)(=O)=O. The fraction of sp³-hybridized carbons (Fsp3) is 0.588. The highest BCUT2D eigenvalue weighted by molar-refractivity contribution is 7.92. The van der Waals surface area contributed by atoms with E-state index in [1.54, 1.807) is 6.92 Å². The number of rotatable bonds is 10. The van der Waals surface area contributed by atoms with Crippen LogP contribution in [-0.2, 0) is 19.6 Å². The van der Waals surface area contributed by atoms with Gasteiger partial charge in [-0.25, -0.2) is 12.8 Å². The molecule has 0 aliphatic carbocycles. The molecule has 8 heteroatoms. The molecule has 142 valence electrons. The number of hydrogen-bond donors (Lipinski definition) is 1. The number of carbonyl (C=O) groups is 1. The standard InChI is InChI=1S/C17H27FN2O4S/c1-5-16(17(21)19-11-6-12-24-13(2)3)20(25(4,22)23)15-9-7-14(18)8-10-15/h7-10,13,16H,5-6,11-12H2,1-4H3,(H,19,21)/t16-/m1/s1. The third-order valence-electron chi connectivity index (χ3n) is 3.48. The lowest BCUT2D eigenvalue weighted by atomic mass is 10.2. The molecule has 6 nitrogen and oxygen atoms in total. The Kier molecular flexibility index (Phi) is 8.31. The number of nitrogens with zero attached hydrogens (tertiary/aromatic N) is 1. The number of carbonyl (C=O) groups excluding carboxylic acids is 1. The van der Waals surface area contributed by atoms with Crippen LogP contribution in [0.5, 0.6) is 0 Å². The van der Waals surface area contributed by atoms with Crippen LogP contribution in [0.25, 0.3) is 0 Å². The molecule has 0 heterocycles. The molecule has 1 rings (SSSR count). The van der Waals surface area contributed by atoms with Crippen molar-refractivity contribution in [2.45, 2.75) is 45.8 Å². The zero-order valence-electron chi connectivity index (χ0n) is 15.2. The summed E-state index contributed by atoms with van der Waals surface area (Å²) >= 11 is 0. The van der Waals surface area contributed by atoms with Gasteiger partial charge in [-0.05, 0) is 51.0 Å². The first-order chi connectivity index (χ1) is 11.7. The molecule has 1 N–H and O–H groups in total. The molecule has 0 radical (unpaired) electrons. The summed E-state index contributed by atoms with van der Waals surface area (Å²) in [5.41, 5.74) is 0.258. The first-order valence-corrected chi connectivity index (χ1v) is 10.2. The average Bonchev–Trinajstić information content (AvgIpc) is 2.51. The normalized spacial score (nSPS) is 12.9. The van der Waals surface area contributed by atoms with Gasteiger partial charge in [-0.2, -0.15) is 0 Å². The fourth-order valence-corrected chi connectivity index (χ4v) is 3.58. The summed E-state index contributed by atoms with van der Waals surface area (Å²) in [7, 11) is -3.71. The summed E-state index contributed by atoms with van der Waals surface area (Å²) in [4.78, 5) is 12.5. The van der Waals surface area contributed by atoms with E-state index in [1.165, 1.54) is 24.3 Å². The van der Waals surface area contributed by atoms with Crippen molar-refractivity contribution in [2.75, 3.05) is 23.7 Å². The van der Waals surface area contributed by atoms with Crippen molar-refractivity contribution in [1.82, 2.24) is 5.32 Å². The molecule has 0 unspecified atom stereocenters. The Morgan fingerprint density at radius 1 is 1.28 bits per heavy atom. The Hall–Kier alpha value is -1.67. The highest BCUT2D eigenvalue weighted by atomic mass is 32.2. The van der Waals surface area contributed by atoms with E-state index in [0.29, 0.717) is 26.0 Å². The number of anilines is 1. The van der Waals surface area contributed by atoms with Gasteiger partial charge in [-0.15, -0.1) is 0 Å². The van der Waals surface area contributed by atoms with Gasteiger partial charge in [0.15, 0.2) is 0 Å². The number of halogens is 1. The minimum atomic E-state index is -3.71. The van der Waals surface area contributed by atoms with Crippen molar-refractivity contribution in [3.8, 4) is 0 Å². The summed E-state index contributed by atoms with van der Waals surface area (Å²) in [5.74, 6) is -0.860. The van der Waals surface area contributed by atoms with E-state index in [4.69, 9.17) is 4.74 Å². The monoisotopic (exact) mass is 374 g/mol. The van der Waals surface area contributed by atoms with Crippen LogP contribution < -0.4 is 9.62 Å². The lowest BCUT2D eigenvalue weighted by Crippen LogP contribution is -2.49. The minimum absolute atomic E-state index is 0.123. The third-order valence-corrected chi connectivity index (χ3v) is 4.66. The van der Waals surface area contributed by atoms with E-state index in [0.717, 1.165) is 10.6 Å². The molecule has 0 saturated carbocycles. The Balaban J connectivity index is 2.84. The highest BCUT2D eigenvalue weighted by Gasteiger charge is 2.31. The van der Waals surface area contributed by atoms with Gasteiger partial charge in [-0.1, -0.05) is 6.92 Å². The number of sulfonamides is 1. The minimum Gasteiger partial charge on any atom is -0.379 e. The molecule has 0 aromatic heterocycles. The number of hydrogen-bond acceptors (Lipinski definition) is 4. The van der Waals surface area contributed by atoms with Crippen LogP contribution in [0.15, 0.2) is 24.3 Å². The maximum Gasteiger partial charge on any atom is 0.243 e. The molecule has 1 amide bonds. The Bertz CT molecular complexity index is 647. The summed E-state index contributed by atoms with van der Waals surface area (Å²) in [5, 5.41) is 2.74. The first-order valence-electron chi connectivity index (χ1n) is 8.31. The fourth-order valence-electron chi connectivity index (χ4n) is 2.37. The zero-order chi connectivity index (χ0) is 19.0. The van der Waals surface area contributed by atoms with Crippen LogP contribution in [0, 0.1) is 5.82 Å². The van der Waals surface area contributed by atoms with Crippen LogP contribution in [0.1, 0.15) is 33.6 Å². The number of nitrogens with one attached hydrogen (secondary N) is 1. The molecule has 0 bridgehead atoms. The van der Waals surface area contributed by atoms with E-state index in [2.05, 4.69) is 5.32 Å². The largest absolute Gasteiger partial charge is 0.379 e. The molecule has 0 saturated heterocycles. The molecule has 1 atom stereocenters. The maximum absolute atomic E-state index is 13.1. The van der Waals surface area contributed by atoms with Crippen molar-refractivity contribution >= 4 is 21.6 Å². The van der Waals surface area contributed by atoms with Crippen LogP contribution in [0.3, 0.4) is 0 Å². The first kappa shape index (κ1) is 21.4. The lowest BCUT2D eigenvalue weighted by molar-refractivity contribution is -0.122. The highest BCUT2D eigenvalue weighted by Crippen LogP contribution is 2.22. The molecule has 0 aliphatic rings. The molecule has 1 aromatic carbocycles. The molecule has 1 aromatic rings. The van der Waals surface area contributed by atoms with Gasteiger partial charge in [0.1, 0.15) is 11.9 Å². The zero-order valence-corrected chi connectivity index (χ0v) is 16.0. The lowest BCUT2D eigenvalue weighted by Gasteiger charge is -2.30. The van der Waals surface area contributed by atoms with E-state index in [9.17, 15) is 17.6 Å². The Morgan fingerprint density at radius 2 is 1.88 bits per heavy atom. The van der Waals surface area contributed by atoms with Gasteiger partial charge < -0.3 is 10.1 Å². The summed E-state index contributed by atoms with van der Waals surface area (Å²) < 4.78 is 44.0. The van der Waals surface area contributed by atoms with Crippen LogP contribution in [0.2, 0.25) is 0 Å². The topological polar surface area (TPSA) is 75.7 Å². The van der Waals surface area contributed by atoms with Crippen LogP contribution in [0.4, 0.5) is 10.1 Å². The van der Waals surface area contributed by atoms with Crippen molar-refractivity contribution in [3.05, 3.63) is 30.1 Å². The molecule has 0 fully saturated rings. The Morgan fingerprint density at radius 3 is 2.36 bits per heavy atom. The molecular weight excluding hydrogens is 347 g/mol. The number of ether oxygens (including phenoxy) is 1. The maximum atomic E-state index is 13.1. The van der Waals surface area contributed by atoms with Crippen LogP contribution in [-0.4, -0.2) is 45.9 Å². The predicted octanol–water partition coefficient (Wildman–Crippen LogP) is 2.30. The van der Waals surface area contributed by atoms with Crippen molar-refractivity contribution in [3.63, 3.8) is 0 Å². The molecular formula is C17H27FN2O4S. The molecule has 0 spiro atoms. The van der Waals surface area contributed by atoms with Crippen molar-refractivity contribution in [2.24, 2.45) is 0 Å². The van der Waals surface area contributed by atoms with Gasteiger partial charge in [0, 0.05) is 13.2 Å². The van der Waals surface area contributed by atoms with Gasteiger partial charge >= 0.3 is 0 Å². The van der Waals surface area contributed by atoms with E-state index >= 15 is 0 Å². The second-order valence-corrected chi connectivity index (χ2v) is 7.88. The Labute approximate surface area is 149 Å². The van der Waals surface area contributed by atoms with Crippen molar-refractivity contribution in [1.29, 1.82) is 0 Å². The van der Waals surface area contributed by atoms with E-state index in [1.807, 2.05) is 13.8 Å². The van der Waals surface area contributed by atoms with Crippen molar-refractivity contribution < 1.29 is 22.3 Å². The second-order valence-electron chi connectivity index (χ2n) is 6.02. The smallest absolute Gasteiger partial charge is 0.243 e.